The molecule has 1 atom stereocenters. The summed E-state index contributed by atoms with van der Waals surface area (Å²) in [7, 11) is 0. The Hall–Kier alpha value is -6.23. The summed E-state index contributed by atoms with van der Waals surface area (Å²) in [6, 6.07) is 61.2. The maximum atomic E-state index is 6.66. The van der Waals surface area contributed by atoms with Crippen molar-refractivity contribution in [2.45, 2.75) is 10.3 Å². The molecule has 11 rings (SSSR count). The van der Waals surface area contributed by atoms with Gasteiger partial charge in [-0.3, -0.25) is 0 Å². The molecule has 3 heterocycles. The first-order valence-electron chi connectivity index (χ1n) is 17.4. The van der Waals surface area contributed by atoms with E-state index < -0.39 is 0 Å². The summed E-state index contributed by atoms with van der Waals surface area (Å²) in [5.74, 6) is 0. The molecule has 0 saturated heterocycles. The number of rotatable bonds is 4. The minimum atomic E-state index is 0.104. The molecule has 0 fully saturated rings. The Morgan fingerprint density at radius 1 is 0.510 bits per heavy atom. The topological polar surface area (TPSA) is 30.1 Å². The van der Waals surface area contributed by atoms with Crippen LogP contribution in [0.15, 0.2) is 179 Å². The van der Waals surface area contributed by atoms with Gasteiger partial charge < -0.3 is 14.3 Å². The summed E-state index contributed by atoms with van der Waals surface area (Å²) in [6.07, 6.45) is 0. The van der Waals surface area contributed by atoms with Crippen molar-refractivity contribution in [3.8, 4) is 27.9 Å². The molecule has 10 aromatic rings. The van der Waals surface area contributed by atoms with Crippen LogP contribution in [0.4, 0.5) is 5.69 Å². The Bertz CT molecular complexity index is 2910. The molecule has 51 heavy (non-hydrogen) atoms. The number of para-hydroxylation sites is 3. The zero-order valence-electron chi connectivity index (χ0n) is 27.5. The summed E-state index contributed by atoms with van der Waals surface area (Å²) < 4.78 is 9.03. The summed E-state index contributed by atoms with van der Waals surface area (Å²) in [6.45, 7) is 0. The van der Waals surface area contributed by atoms with E-state index in [-0.39, 0.29) is 5.37 Å². The summed E-state index contributed by atoms with van der Waals surface area (Å²) in [4.78, 5) is 1.24. The van der Waals surface area contributed by atoms with Crippen molar-refractivity contribution in [2.24, 2.45) is 0 Å². The van der Waals surface area contributed by atoms with Gasteiger partial charge >= 0.3 is 0 Å². The van der Waals surface area contributed by atoms with Crippen molar-refractivity contribution >= 4 is 72.0 Å². The number of furan rings is 1. The number of fused-ring (bicyclic) bond motifs is 9. The van der Waals surface area contributed by atoms with Gasteiger partial charge in [-0.1, -0.05) is 145 Å². The molecule has 0 aliphatic carbocycles. The monoisotopic (exact) mass is 670 g/mol. The second-order valence-electron chi connectivity index (χ2n) is 13.3. The van der Waals surface area contributed by atoms with Crippen LogP contribution in [0.5, 0.6) is 0 Å². The Labute approximate surface area is 298 Å². The number of hydrogen-bond acceptors (Lipinski definition) is 3. The molecule has 0 spiro atoms. The molecule has 0 radical (unpaired) electrons. The number of anilines is 1. The van der Waals surface area contributed by atoms with E-state index in [1.54, 1.807) is 0 Å². The maximum Gasteiger partial charge on any atom is 0.143 e. The Balaban J connectivity index is 0.933. The number of hydrogen-bond donors (Lipinski definition) is 1. The fourth-order valence-electron chi connectivity index (χ4n) is 8.07. The molecule has 4 heteroatoms. The molecular weight excluding hydrogens is 641 g/mol. The van der Waals surface area contributed by atoms with Crippen molar-refractivity contribution in [2.75, 3.05) is 5.32 Å². The quantitative estimate of drug-likeness (QED) is 0.202. The molecule has 1 N–H and O–H groups in total. The molecule has 240 valence electrons. The minimum Gasteiger partial charge on any atom is -0.455 e. The van der Waals surface area contributed by atoms with Gasteiger partial charge in [0.2, 0.25) is 0 Å². The molecule has 0 saturated carbocycles. The molecular formula is C47H30N2OS. The number of nitrogens with one attached hydrogen (secondary N) is 1. The van der Waals surface area contributed by atoms with Crippen LogP contribution < -0.4 is 5.32 Å². The molecule has 0 bridgehead atoms. The van der Waals surface area contributed by atoms with Gasteiger partial charge in [0.05, 0.1) is 11.0 Å². The first kappa shape index (κ1) is 28.6. The average molecular weight is 671 g/mol. The number of aromatic nitrogens is 1. The minimum absolute atomic E-state index is 0.104. The molecule has 1 unspecified atom stereocenters. The standard InChI is InChI=1S/C47H30N2OS/c1-2-11-34-29(9-1)10-7-14-35(34)30-19-21-31(22-20-30)36-15-8-16-39-44-43(50-45(36)39)28-27-40-46(44)51-47(48-40)32-23-25-33(26-24-32)49-41-17-5-3-12-37(41)38-13-4-6-18-42(38)49/h1-28,47-48H. The lowest BCUT2D eigenvalue weighted by molar-refractivity contribution is 0.669. The van der Waals surface area contributed by atoms with Gasteiger partial charge in [0.25, 0.3) is 0 Å². The van der Waals surface area contributed by atoms with Crippen LogP contribution >= 0.6 is 11.8 Å². The lowest BCUT2D eigenvalue weighted by atomic mass is 9.95. The fraction of sp³-hybridized carbons (Fsp3) is 0.0213. The summed E-state index contributed by atoms with van der Waals surface area (Å²) in [5, 5.41) is 11.3. The van der Waals surface area contributed by atoms with E-state index in [2.05, 4.69) is 180 Å². The third-order valence-electron chi connectivity index (χ3n) is 10.5. The van der Waals surface area contributed by atoms with E-state index in [4.69, 9.17) is 4.42 Å². The van der Waals surface area contributed by atoms with Gasteiger partial charge in [-0.25, -0.2) is 0 Å². The molecule has 1 aliphatic rings. The highest BCUT2D eigenvalue weighted by atomic mass is 32.2. The average Bonchev–Trinajstić information content (AvgIpc) is 3.90. The van der Waals surface area contributed by atoms with Crippen LogP contribution in [0.3, 0.4) is 0 Å². The van der Waals surface area contributed by atoms with Crippen LogP contribution in [0, 0.1) is 0 Å². The maximum absolute atomic E-state index is 6.66. The largest absolute Gasteiger partial charge is 0.455 e. The lowest BCUT2D eigenvalue weighted by Crippen LogP contribution is -2.01. The predicted octanol–water partition coefficient (Wildman–Crippen LogP) is 13.4. The van der Waals surface area contributed by atoms with Crippen LogP contribution in [0.2, 0.25) is 0 Å². The third-order valence-corrected chi connectivity index (χ3v) is 11.8. The van der Waals surface area contributed by atoms with Gasteiger partial charge in [0.1, 0.15) is 16.5 Å². The van der Waals surface area contributed by atoms with E-state index in [9.17, 15) is 0 Å². The highest BCUT2D eigenvalue weighted by Gasteiger charge is 2.28. The zero-order valence-corrected chi connectivity index (χ0v) is 28.3. The number of benzene rings is 8. The SMILES string of the molecule is c1ccc2c(-c3ccc(-c4cccc5c4oc4ccc6c(c45)SC(c4ccc(-n5c7ccccc7c7ccccc75)cc4)N6)cc3)cccc2c1. The Morgan fingerprint density at radius 2 is 1.12 bits per heavy atom. The van der Waals surface area contributed by atoms with Crippen molar-refractivity contribution in [1.29, 1.82) is 0 Å². The second-order valence-corrected chi connectivity index (χ2v) is 14.4. The second kappa shape index (κ2) is 11.1. The van der Waals surface area contributed by atoms with E-state index >= 15 is 0 Å². The normalized spacial score (nSPS) is 14.2. The molecule has 0 amide bonds. The fourth-order valence-corrected chi connectivity index (χ4v) is 9.36. The first-order chi connectivity index (χ1) is 25.3. The van der Waals surface area contributed by atoms with Gasteiger partial charge in [-0.2, -0.15) is 0 Å². The Morgan fingerprint density at radius 3 is 1.88 bits per heavy atom. The van der Waals surface area contributed by atoms with E-state index in [0.717, 1.165) is 39.1 Å². The van der Waals surface area contributed by atoms with Gasteiger partial charge in [0, 0.05) is 43.4 Å². The number of thioether (sulfide) groups is 1. The lowest BCUT2D eigenvalue weighted by Gasteiger charge is -2.13. The zero-order chi connectivity index (χ0) is 33.5. The van der Waals surface area contributed by atoms with E-state index in [1.165, 1.54) is 59.6 Å². The van der Waals surface area contributed by atoms with Crippen LogP contribution in [-0.4, -0.2) is 4.57 Å². The van der Waals surface area contributed by atoms with Crippen LogP contribution in [0.25, 0.3) is 82.5 Å². The van der Waals surface area contributed by atoms with Crippen molar-refractivity contribution < 1.29 is 4.42 Å². The predicted molar refractivity (Wildman–Crippen MR) is 215 cm³/mol. The molecule has 3 nitrogen and oxygen atoms in total. The highest BCUT2D eigenvalue weighted by molar-refractivity contribution is 8.00. The van der Waals surface area contributed by atoms with E-state index in [0.29, 0.717) is 0 Å². The highest BCUT2D eigenvalue weighted by Crippen LogP contribution is 2.52. The van der Waals surface area contributed by atoms with Crippen molar-refractivity contribution in [1.82, 2.24) is 4.57 Å². The van der Waals surface area contributed by atoms with E-state index in [1.807, 2.05) is 11.8 Å². The smallest absolute Gasteiger partial charge is 0.143 e. The third kappa shape index (κ3) is 4.40. The number of nitrogens with zero attached hydrogens (tertiary/aromatic N) is 1. The molecule has 1 aliphatic heterocycles. The van der Waals surface area contributed by atoms with Gasteiger partial charge in [-0.15, -0.1) is 0 Å². The van der Waals surface area contributed by atoms with Gasteiger partial charge in [-0.05, 0) is 69.4 Å². The van der Waals surface area contributed by atoms with Gasteiger partial charge in [0.15, 0.2) is 0 Å². The summed E-state index contributed by atoms with van der Waals surface area (Å²) in [5.41, 5.74) is 12.6. The summed E-state index contributed by atoms with van der Waals surface area (Å²) >= 11 is 1.87. The molecule has 8 aromatic carbocycles. The van der Waals surface area contributed by atoms with Crippen LogP contribution in [-0.2, 0) is 0 Å². The Kier molecular flexibility index (Phi) is 6.25. The molecule has 2 aromatic heterocycles. The van der Waals surface area contributed by atoms with Crippen molar-refractivity contribution in [3.05, 3.63) is 175 Å². The van der Waals surface area contributed by atoms with Crippen LogP contribution in [0.1, 0.15) is 10.9 Å². The first-order valence-corrected chi connectivity index (χ1v) is 18.2. The van der Waals surface area contributed by atoms with Crippen molar-refractivity contribution in [3.63, 3.8) is 0 Å².